The molecule has 0 radical (unpaired) electrons. The molecule has 0 bridgehead atoms. The van der Waals surface area contributed by atoms with E-state index < -0.39 is 11.7 Å². The summed E-state index contributed by atoms with van der Waals surface area (Å²) in [5.41, 5.74) is 1.59. The Morgan fingerprint density at radius 3 is 2.39 bits per heavy atom. The second-order valence-corrected chi connectivity index (χ2v) is 6.77. The zero-order valence-electron chi connectivity index (χ0n) is 14.9. The van der Waals surface area contributed by atoms with Crippen LogP contribution in [0.3, 0.4) is 0 Å². The molecule has 144 valence electrons. The molecule has 1 fully saturated rings. The van der Waals surface area contributed by atoms with Crippen molar-refractivity contribution < 1.29 is 22.5 Å². The average Bonchev–Trinajstić information content (AvgIpc) is 3.29. The van der Waals surface area contributed by atoms with Crippen LogP contribution in [0.2, 0.25) is 0 Å². The Labute approximate surface area is 158 Å². The van der Waals surface area contributed by atoms with Gasteiger partial charge in [-0.3, -0.25) is 4.79 Å². The minimum absolute atomic E-state index is 0.163. The predicted molar refractivity (Wildman–Crippen MR) is 95.6 cm³/mol. The van der Waals surface area contributed by atoms with Crippen molar-refractivity contribution in [2.24, 2.45) is 0 Å². The number of aryl methyl sites for hydroxylation is 1. The SMILES string of the molecule is Cc1ccc(-c2noc(C3CC(=O)N(c4ccc(C(F)(F)F)cc4)C3)n2)cc1. The van der Waals surface area contributed by atoms with Crippen LogP contribution in [0, 0.1) is 6.92 Å². The number of rotatable bonds is 3. The fourth-order valence-corrected chi connectivity index (χ4v) is 3.17. The number of amides is 1. The van der Waals surface area contributed by atoms with Crippen LogP contribution in [0.25, 0.3) is 11.4 Å². The lowest BCUT2D eigenvalue weighted by atomic mass is 10.1. The van der Waals surface area contributed by atoms with Gasteiger partial charge in [0, 0.05) is 24.2 Å². The first kappa shape index (κ1) is 18.2. The summed E-state index contributed by atoms with van der Waals surface area (Å²) in [5, 5.41) is 3.98. The molecule has 0 aliphatic carbocycles. The maximum absolute atomic E-state index is 12.7. The smallest absolute Gasteiger partial charge is 0.339 e. The molecule has 1 aliphatic heterocycles. The fourth-order valence-electron chi connectivity index (χ4n) is 3.17. The van der Waals surface area contributed by atoms with Crippen LogP contribution < -0.4 is 4.90 Å². The second kappa shape index (κ2) is 6.78. The van der Waals surface area contributed by atoms with Crippen molar-refractivity contribution in [2.45, 2.75) is 25.4 Å². The van der Waals surface area contributed by atoms with Crippen molar-refractivity contribution in [3.8, 4) is 11.4 Å². The maximum atomic E-state index is 12.7. The molecule has 2 aromatic carbocycles. The van der Waals surface area contributed by atoms with E-state index in [1.165, 1.54) is 17.0 Å². The molecule has 1 amide bonds. The van der Waals surface area contributed by atoms with Crippen LogP contribution in [0.4, 0.5) is 18.9 Å². The van der Waals surface area contributed by atoms with Crippen LogP contribution >= 0.6 is 0 Å². The monoisotopic (exact) mass is 387 g/mol. The molecule has 0 N–H and O–H groups in total. The second-order valence-electron chi connectivity index (χ2n) is 6.77. The number of benzene rings is 2. The highest BCUT2D eigenvalue weighted by molar-refractivity contribution is 5.96. The first-order valence-electron chi connectivity index (χ1n) is 8.69. The van der Waals surface area contributed by atoms with E-state index in [2.05, 4.69) is 10.1 Å². The van der Waals surface area contributed by atoms with Gasteiger partial charge in [-0.1, -0.05) is 35.0 Å². The van der Waals surface area contributed by atoms with E-state index in [9.17, 15) is 18.0 Å². The summed E-state index contributed by atoms with van der Waals surface area (Å²) in [6, 6.07) is 12.2. The molecular weight excluding hydrogens is 371 g/mol. The van der Waals surface area contributed by atoms with Gasteiger partial charge in [-0.2, -0.15) is 18.2 Å². The van der Waals surface area contributed by atoms with Gasteiger partial charge in [0.2, 0.25) is 17.6 Å². The van der Waals surface area contributed by atoms with Gasteiger partial charge < -0.3 is 9.42 Å². The van der Waals surface area contributed by atoms with Gasteiger partial charge >= 0.3 is 6.18 Å². The number of nitrogens with zero attached hydrogens (tertiary/aromatic N) is 3. The summed E-state index contributed by atoms with van der Waals surface area (Å²) in [7, 11) is 0. The highest BCUT2D eigenvalue weighted by Crippen LogP contribution is 2.34. The summed E-state index contributed by atoms with van der Waals surface area (Å²) in [6.45, 7) is 2.26. The molecule has 8 heteroatoms. The number of halogens is 3. The van der Waals surface area contributed by atoms with Gasteiger partial charge in [-0.25, -0.2) is 0 Å². The Kier molecular flexibility index (Phi) is 4.41. The van der Waals surface area contributed by atoms with E-state index in [-0.39, 0.29) is 24.8 Å². The van der Waals surface area contributed by atoms with Crippen molar-refractivity contribution in [3.05, 3.63) is 65.5 Å². The third-order valence-corrected chi connectivity index (χ3v) is 4.73. The van der Waals surface area contributed by atoms with Crippen LogP contribution in [-0.2, 0) is 11.0 Å². The normalized spacial score (nSPS) is 17.4. The van der Waals surface area contributed by atoms with Crippen molar-refractivity contribution >= 4 is 11.6 Å². The van der Waals surface area contributed by atoms with Crippen LogP contribution in [0.1, 0.15) is 29.4 Å². The molecule has 3 aromatic rings. The molecule has 0 saturated carbocycles. The number of alkyl halides is 3. The van der Waals surface area contributed by atoms with E-state index in [0.717, 1.165) is 23.3 Å². The summed E-state index contributed by atoms with van der Waals surface area (Å²) < 4.78 is 43.5. The third-order valence-electron chi connectivity index (χ3n) is 4.73. The zero-order chi connectivity index (χ0) is 19.9. The van der Waals surface area contributed by atoms with E-state index in [1.54, 1.807) is 0 Å². The van der Waals surface area contributed by atoms with E-state index >= 15 is 0 Å². The third kappa shape index (κ3) is 3.49. The standard InChI is InChI=1S/C20H16F3N3O2/c1-12-2-4-13(5-3-12)18-24-19(28-25-18)14-10-17(27)26(11-14)16-8-6-15(7-9-16)20(21,22)23/h2-9,14H,10-11H2,1H3. The van der Waals surface area contributed by atoms with Gasteiger partial charge in [-0.05, 0) is 31.2 Å². The van der Waals surface area contributed by atoms with E-state index in [0.29, 0.717) is 17.4 Å². The molecule has 28 heavy (non-hydrogen) atoms. The molecule has 1 aromatic heterocycles. The van der Waals surface area contributed by atoms with E-state index in [1.807, 2.05) is 31.2 Å². The number of aromatic nitrogens is 2. The largest absolute Gasteiger partial charge is 0.416 e. The Morgan fingerprint density at radius 2 is 1.75 bits per heavy atom. The lowest BCUT2D eigenvalue weighted by Crippen LogP contribution is -2.24. The highest BCUT2D eigenvalue weighted by atomic mass is 19.4. The summed E-state index contributed by atoms with van der Waals surface area (Å²) in [4.78, 5) is 18.2. The first-order valence-corrected chi connectivity index (χ1v) is 8.69. The predicted octanol–water partition coefficient (Wildman–Crippen LogP) is 4.58. The molecule has 5 nitrogen and oxygen atoms in total. The van der Waals surface area contributed by atoms with Crippen molar-refractivity contribution in [2.75, 3.05) is 11.4 Å². The molecule has 2 heterocycles. The van der Waals surface area contributed by atoms with Crippen LogP contribution in [0.5, 0.6) is 0 Å². The molecule has 1 aliphatic rings. The summed E-state index contributed by atoms with van der Waals surface area (Å²) in [5.74, 6) is 0.287. The topological polar surface area (TPSA) is 59.2 Å². The van der Waals surface area contributed by atoms with Gasteiger partial charge in [0.15, 0.2) is 0 Å². The van der Waals surface area contributed by atoms with Gasteiger partial charge in [0.1, 0.15) is 0 Å². The molecule has 4 rings (SSSR count). The number of hydrogen-bond acceptors (Lipinski definition) is 4. The van der Waals surface area contributed by atoms with Crippen molar-refractivity contribution in [3.63, 3.8) is 0 Å². The van der Waals surface area contributed by atoms with Crippen LogP contribution in [-0.4, -0.2) is 22.6 Å². The molecular formula is C20H16F3N3O2. The lowest BCUT2D eigenvalue weighted by molar-refractivity contribution is -0.137. The lowest BCUT2D eigenvalue weighted by Gasteiger charge is -2.17. The number of hydrogen-bond donors (Lipinski definition) is 0. The minimum Gasteiger partial charge on any atom is -0.339 e. The Bertz CT molecular complexity index is 995. The zero-order valence-corrected chi connectivity index (χ0v) is 14.9. The maximum Gasteiger partial charge on any atom is 0.416 e. The Morgan fingerprint density at radius 1 is 1.07 bits per heavy atom. The summed E-state index contributed by atoms with van der Waals surface area (Å²) in [6.07, 6.45) is -4.25. The number of carbonyl (C=O) groups excluding carboxylic acids is 1. The van der Waals surface area contributed by atoms with E-state index in [4.69, 9.17) is 4.52 Å². The van der Waals surface area contributed by atoms with Crippen molar-refractivity contribution in [1.29, 1.82) is 0 Å². The molecule has 0 spiro atoms. The quantitative estimate of drug-likeness (QED) is 0.660. The van der Waals surface area contributed by atoms with Gasteiger partial charge in [0.25, 0.3) is 0 Å². The molecule has 1 unspecified atom stereocenters. The molecule has 1 atom stereocenters. The Hall–Kier alpha value is -3.16. The molecule has 1 saturated heterocycles. The van der Waals surface area contributed by atoms with Gasteiger partial charge in [-0.15, -0.1) is 0 Å². The number of carbonyl (C=O) groups is 1. The highest BCUT2D eigenvalue weighted by Gasteiger charge is 2.36. The fraction of sp³-hybridized carbons (Fsp3) is 0.250. The Balaban J connectivity index is 1.51. The number of anilines is 1. The van der Waals surface area contributed by atoms with Gasteiger partial charge in [0.05, 0.1) is 11.5 Å². The first-order chi connectivity index (χ1) is 13.3. The summed E-state index contributed by atoms with van der Waals surface area (Å²) >= 11 is 0. The van der Waals surface area contributed by atoms with Crippen LogP contribution in [0.15, 0.2) is 53.1 Å². The minimum atomic E-state index is -4.41. The van der Waals surface area contributed by atoms with Crippen molar-refractivity contribution in [1.82, 2.24) is 10.1 Å². The average molecular weight is 387 g/mol.